The number of para-hydroxylation sites is 6. The number of carboxylic acid groups (broad SMARTS) is 2. The monoisotopic (exact) mass is 576 g/mol. The number of rotatable bonds is 4. The van der Waals surface area contributed by atoms with E-state index >= 15 is 0 Å². The number of carbonyl (C=O) groups excluding carboxylic acids is 2. The quantitative estimate of drug-likeness (QED) is 0.191. The number of carbonyl (C=O) groups is 2. The van der Waals surface area contributed by atoms with Gasteiger partial charge in [0.15, 0.2) is 0 Å². The molecule has 0 saturated carbocycles. The fourth-order valence-electron chi connectivity index (χ4n) is 2.91. The number of aliphatic carboxylic acids is 2. The number of benzene rings is 3. The van der Waals surface area contributed by atoms with Crippen LogP contribution in [0.15, 0.2) is 91.8 Å². The molecule has 0 aliphatic carbocycles. The minimum absolute atomic E-state index is 0. The number of fused-ring (bicyclic) bond motifs is 3. The van der Waals surface area contributed by atoms with Gasteiger partial charge in [-0.2, -0.15) is 0 Å². The van der Waals surface area contributed by atoms with E-state index in [1.807, 2.05) is 72.8 Å². The van der Waals surface area contributed by atoms with Crippen LogP contribution in [-0.2, 0) is 26.7 Å². The Morgan fingerprint density at radius 2 is 0.872 bits per heavy atom. The van der Waals surface area contributed by atoms with Crippen molar-refractivity contribution in [3.8, 4) is 0 Å². The van der Waals surface area contributed by atoms with Gasteiger partial charge in [-0.25, -0.2) is 15.0 Å². The minimum atomic E-state index is -1.34. The number of H-pyrrole nitrogens is 3. The van der Waals surface area contributed by atoms with E-state index in [0.717, 1.165) is 33.1 Å². The minimum Gasteiger partial charge on any atom is -0.549 e. The van der Waals surface area contributed by atoms with Crippen molar-refractivity contribution in [3.05, 3.63) is 91.8 Å². The van der Waals surface area contributed by atoms with E-state index in [4.69, 9.17) is 0 Å². The Bertz CT molecular complexity index is 1260. The molecular weight excluding hydrogens is 549 g/mol. The van der Waals surface area contributed by atoms with Crippen molar-refractivity contribution in [2.24, 2.45) is 0 Å². The Morgan fingerprint density at radius 1 is 0.590 bits per heavy atom. The van der Waals surface area contributed by atoms with Crippen LogP contribution in [0.3, 0.4) is 0 Å². The smallest absolute Gasteiger partial charge is 0.549 e. The number of nitrogens with zero attached hydrogens (tertiary/aromatic N) is 3. The predicted molar refractivity (Wildman–Crippen MR) is 138 cm³/mol. The van der Waals surface area contributed by atoms with Crippen molar-refractivity contribution in [1.82, 2.24) is 35.2 Å². The second-order valence-electron chi connectivity index (χ2n) is 7.11. The SMILES string of the molecule is O.O.O=C([O-])CNCC(=O)[O-].[Mn+3].c1ccc2[nH]cnc2c1.c1ccc2[nH]cnc2c1.c1ccc2[nH]cnc2c1. The fraction of sp³-hybridized carbons (Fsp3) is 0.0800. The van der Waals surface area contributed by atoms with Gasteiger partial charge in [0.1, 0.15) is 0 Å². The number of imidazole rings is 3. The summed E-state index contributed by atoms with van der Waals surface area (Å²) in [7, 11) is 0. The summed E-state index contributed by atoms with van der Waals surface area (Å²) in [4.78, 5) is 40.4. The first-order valence-corrected chi connectivity index (χ1v) is 10.8. The molecule has 0 bridgehead atoms. The van der Waals surface area contributed by atoms with E-state index in [0.29, 0.717) is 0 Å². The van der Waals surface area contributed by atoms with E-state index in [-0.39, 0.29) is 28.0 Å². The summed E-state index contributed by atoms with van der Waals surface area (Å²) >= 11 is 0. The summed E-state index contributed by atoms with van der Waals surface area (Å²) in [5, 5.41) is 21.2. The maximum Gasteiger partial charge on any atom is 3.00 e. The van der Waals surface area contributed by atoms with Crippen molar-refractivity contribution >= 4 is 45.0 Å². The normalized spacial score (nSPS) is 9.13. The van der Waals surface area contributed by atoms with E-state index in [9.17, 15) is 19.8 Å². The molecule has 8 N–H and O–H groups in total. The molecular formula is C25H27MnN7O6+. The molecule has 3 heterocycles. The van der Waals surface area contributed by atoms with Gasteiger partial charge in [0, 0.05) is 13.1 Å². The van der Waals surface area contributed by atoms with E-state index < -0.39 is 25.0 Å². The third-order valence-electron chi connectivity index (χ3n) is 4.52. The maximum absolute atomic E-state index is 9.59. The predicted octanol–water partition coefficient (Wildman–Crippen LogP) is -0.887. The summed E-state index contributed by atoms with van der Waals surface area (Å²) in [6.07, 6.45) is 5.10. The van der Waals surface area contributed by atoms with E-state index in [1.54, 1.807) is 19.0 Å². The average Bonchev–Trinajstić information content (AvgIpc) is 3.65. The molecule has 0 spiro atoms. The number of aromatic amines is 3. The number of nitrogens with one attached hydrogen (secondary N) is 4. The molecule has 0 atom stereocenters. The summed E-state index contributed by atoms with van der Waals surface area (Å²) in [5.74, 6) is -2.67. The van der Waals surface area contributed by atoms with Crippen LogP contribution < -0.4 is 15.5 Å². The topological polar surface area (TPSA) is 241 Å². The van der Waals surface area contributed by atoms with Gasteiger partial charge >= 0.3 is 17.1 Å². The van der Waals surface area contributed by atoms with Crippen LogP contribution in [0.4, 0.5) is 0 Å². The zero-order valence-electron chi connectivity index (χ0n) is 20.4. The number of aromatic nitrogens is 6. The molecule has 204 valence electrons. The van der Waals surface area contributed by atoms with Crippen LogP contribution in [0.2, 0.25) is 0 Å². The molecule has 6 rings (SSSR count). The van der Waals surface area contributed by atoms with E-state index in [1.165, 1.54) is 0 Å². The molecule has 39 heavy (non-hydrogen) atoms. The molecule has 0 aliphatic heterocycles. The molecule has 14 heteroatoms. The second kappa shape index (κ2) is 18.6. The number of carboxylic acids is 2. The Balaban J connectivity index is 0.000000481. The van der Waals surface area contributed by atoms with Crippen LogP contribution in [0.25, 0.3) is 33.1 Å². The second-order valence-corrected chi connectivity index (χ2v) is 7.11. The number of hydrogen-bond acceptors (Lipinski definition) is 8. The molecule has 3 aromatic carbocycles. The molecule has 0 unspecified atom stereocenters. The standard InChI is InChI=1S/3C7H6N2.C4H7NO4.Mn.2H2O/c3*1-2-4-7-6(3-1)8-5-9-7;6-3(7)1-5-2-4(8)9;;;/h3*1-5H,(H,8,9);5H,1-2H2,(H,6,7)(H,8,9);;2*1H2/q;;;;+3;;/p-2. The van der Waals surface area contributed by atoms with Crippen molar-refractivity contribution in [2.45, 2.75) is 0 Å². The third kappa shape index (κ3) is 12.0. The van der Waals surface area contributed by atoms with E-state index in [2.05, 4.69) is 35.2 Å². The van der Waals surface area contributed by atoms with Crippen molar-refractivity contribution < 1.29 is 47.8 Å². The van der Waals surface area contributed by atoms with Gasteiger partial charge in [0.05, 0.1) is 64.0 Å². The Labute approximate surface area is 232 Å². The Kier molecular flexibility index (Phi) is 16.4. The largest absolute Gasteiger partial charge is 3.00 e. The summed E-state index contributed by atoms with van der Waals surface area (Å²) in [6.45, 7) is -0.929. The zero-order chi connectivity index (χ0) is 25.6. The zero-order valence-corrected chi connectivity index (χ0v) is 21.6. The maximum atomic E-state index is 9.59. The molecule has 0 fully saturated rings. The summed E-state index contributed by atoms with van der Waals surface area (Å²) < 4.78 is 0. The molecule has 3 aromatic heterocycles. The van der Waals surface area contributed by atoms with Crippen LogP contribution in [0, 0.1) is 0 Å². The first kappa shape index (κ1) is 34.4. The Morgan fingerprint density at radius 3 is 1.13 bits per heavy atom. The molecule has 0 radical (unpaired) electrons. The van der Waals surface area contributed by atoms with Crippen LogP contribution in [0.5, 0.6) is 0 Å². The summed E-state index contributed by atoms with van der Waals surface area (Å²) in [6, 6.07) is 23.8. The van der Waals surface area contributed by atoms with Gasteiger partial charge in [0.25, 0.3) is 0 Å². The van der Waals surface area contributed by atoms with Gasteiger partial charge in [0.2, 0.25) is 0 Å². The average molecular weight is 576 g/mol. The fourth-order valence-corrected chi connectivity index (χ4v) is 2.91. The first-order valence-electron chi connectivity index (χ1n) is 10.8. The van der Waals surface area contributed by atoms with Crippen LogP contribution in [0.1, 0.15) is 0 Å². The summed E-state index contributed by atoms with van der Waals surface area (Å²) in [5.41, 5.74) is 6.36. The molecule has 0 saturated heterocycles. The van der Waals surface area contributed by atoms with Crippen molar-refractivity contribution in [1.29, 1.82) is 0 Å². The molecule has 0 amide bonds. The molecule has 6 aromatic rings. The third-order valence-corrected chi connectivity index (χ3v) is 4.52. The van der Waals surface area contributed by atoms with Gasteiger partial charge in [-0.05, 0) is 36.4 Å². The molecule has 0 aliphatic rings. The van der Waals surface area contributed by atoms with Crippen LogP contribution in [-0.4, -0.2) is 65.9 Å². The van der Waals surface area contributed by atoms with Crippen molar-refractivity contribution in [3.63, 3.8) is 0 Å². The number of hydrogen-bond donors (Lipinski definition) is 4. The Hall–Kier alpha value is -4.59. The van der Waals surface area contributed by atoms with Crippen LogP contribution >= 0.6 is 0 Å². The first-order chi connectivity index (χ1) is 17.5. The molecule has 13 nitrogen and oxygen atoms in total. The van der Waals surface area contributed by atoms with Gasteiger partial charge in [-0.3, -0.25) is 0 Å². The van der Waals surface area contributed by atoms with Gasteiger partial charge < -0.3 is 51.0 Å². The van der Waals surface area contributed by atoms with Gasteiger partial charge in [-0.15, -0.1) is 0 Å². The van der Waals surface area contributed by atoms with Crippen molar-refractivity contribution in [2.75, 3.05) is 13.1 Å². The van der Waals surface area contributed by atoms with Gasteiger partial charge in [-0.1, -0.05) is 36.4 Å².